The lowest BCUT2D eigenvalue weighted by Crippen LogP contribution is -2.25. The van der Waals surface area contributed by atoms with Gasteiger partial charge in [-0.3, -0.25) is 4.79 Å². The zero-order valence-corrected chi connectivity index (χ0v) is 9.80. The Balaban J connectivity index is 2.25. The smallest absolute Gasteiger partial charge is 0.262 e. The molecule has 0 aliphatic carbocycles. The van der Waals surface area contributed by atoms with Gasteiger partial charge in [-0.25, -0.2) is 0 Å². The molecule has 0 saturated heterocycles. The van der Waals surface area contributed by atoms with Crippen molar-refractivity contribution in [1.29, 1.82) is 0 Å². The highest BCUT2D eigenvalue weighted by molar-refractivity contribution is 6.29. The first-order valence-corrected chi connectivity index (χ1v) is 5.37. The number of rotatable bonds is 3. The average molecular weight is 254 g/mol. The van der Waals surface area contributed by atoms with Crippen molar-refractivity contribution in [3.05, 3.63) is 23.7 Å². The van der Waals surface area contributed by atoms with E-state index in [2.05, 4.69) is 17.2 Å². The van der Waals surface area contributed by atoms with Gasteiger partial charge in [-0.05, 0) is 6.07 Å². The van der Waals surface area contributed by atoms with E-state index in [1.54, 1.807) is 12.1 Å². The summed E-state index contributed by atoms with van der Waals surface area (Å²) >= 11 is 5.65. The molecule has 0 unspecified atom stereocenters. The van der Waals surface area contributed by atoms with Crippen LogP contribution in [0, 0.1) is 0 Å². The summed E-state index contributed by atoms with van der Waals surface area (Å²) in [7, 11) is 0. The maximum absolute atomic E-state index is 11.2. The first-order chi connectivity index (χ1) is 8.06. The minimum absolute atomic E-state index is 0.0116. The molecule has 1 aliphatic rings. The van der Waals surface area contributed by atoms with Crippen LogP contribution in [-0.4, -0.2) is 19.1 Å². The van der Waals surface area contributed by atoms with Crippen molar-refractivity contribution in [3.8, 4) is 5.75 Å². The zero-order valence-electron chi connectivity index (χ0n) is 9.05. The van der Waals surface area contributed by atoms with Crippen molar-refractivity contribution in [1.82, 2.24) is 0 Å². The summed E-state index contributed by atoms with van der Waals surface area (Å²) in [5.41, 5.74) is 7.64. The van der Waals surface area contributed by atoms with Gasteiger partial charge in [-0.2, -0.15) is 0 Å². The molecule has 1 heterocycles. The Morgan fingerprint density at radius 1 is 1.65 bits per heavy atom. The number of anilines is 3. The molecule has 0 bridgehead atoms. The van der Waals surface area contributed by atoms with Crippen LogP contribution >= 0.6 is 11.6 Å². The van der Waals surface area contributed by atoms with Crippen LogP contribution in [0.2, 0.25) is 0 Å². The monoisotopic (exact) mass is 253 g/mol. The minimum atomic E-state index is -0.185. The number of halogens is 1. The van der Waals surface area contributed by atoms with E-state index in [1.165, 1.54) is 0 Å². The van der Waals surface area contributed by atoms with Crippen molar-refractivity contribution < 1.29 is 9.53 Å². The SMILES string of the molecule is C=C(Cl)CNc1cc2c(cc1N)OCC(=O)N2. The van der Waals surface area contributed by atoms with Crippen LogP contribution in [0.25, 0.3) is 0 Å². The molecule has 1 amide bonds. The molecule has 0 radical (unpaired) electrons. The number of amides is 1. The summed E-state index contributed by atoms with van der Waals surface area (Å²) in [6, 6.07) is 3.37. The van der Waals surface area contributed by atoms with Gasteiger partial charge in [0.25, 0.3) is 5.91 Å². The van der Waals surface area contributed by atoms with E-state index in [9.17, 15) is 4.79 Å². The van der Waals surface area contributed by atoms with Gasteiger partial charge in [0, 0.05) is 11.1 Å². The van der Waals surface area contributed by atoms with Gasteiger partial charge in [0.15, 0.2) is 6.61 Å². The summed E-state index contributed by atoms with van der Waals surface area (Å²) in [5, 5.41) is 6.19. The van der Waals surface area contributed by atoms with Gasteiger partial charge >= 0.3 is 0 Å². The predicted octanol–water partition coefficient (Wildman–Crippen LogP) is 1.76. The molecule has 2 rings (SSSR count). The fourth-order valence-corrected chi connectivity index (χ4v) is 1.55. The molecule has 17 heavy (non-hydrogen) atoms. The fourth-order valence-electron chi connectivity index (χ4n) is 1.49. The average Bonchev–Trinajstić information content (AvgIpc) is 2.26. The van der Waals surface area contributed by atoms with Gasteiger partial charge in [0.1, 0.15) is 5.75 Å². The second-order valence-corrected chi connectivity index (χ2v) is 4.18. The minimum Gasteiger partial charge on any atom is -0.482 e. The molecule has 1 aromatic carbocycles. The van der Waals surface area contributed by atoms with E-state index < -0.39 is 0 Å². The van der Waals surface area contributed by atoms with Crippen LogP contribution in [0.4, 0.5) is 17.1 Å². The Morgan fingerprint density at radius 2 is 2.41 bits per heavy atom. The highest BCUT2D eigenvalue weighted by Gasteiger charge is 2.17. The van der Waals surface area contributed by atoms with Gasteiger partial charge < -0.3 is 21.1 Å². The van der Waals surface area contributed by atoms with Gasteiger partial charge in [-0.15, -0.1) is 0 Å². The number of nitrogen functional groups attached to an aromatic ring is 1. The van der Waals surface area contributed by atoms with Crippen LogP contribution in [0.1, 0.15) is 0 Å². The molecule has 0 saturated carbocycles. The highest BCUT2D eigenvalue weighted by Crippen LogP contribution is 2.35. The van der Waals surface area contributed by atoms with E-state index in [-0.39, 0.29) is 12.5 Å². The number of carbonyl (C=O) groups is 1. The molecule has 6 heteroatoms. The highest BCUT2D eigenvalue weighted by atomic mass is 35.5. The van der Waals surface area contributed by atoms with Crippen LogP contribution in [0.3, 0.4) is 0 Å². The number of hydrogen-bond acceptors (Lipinski definition) is 4. The maximum Gasteiger partial charge on any atom is 0.262 e. The summed E-state index contributed by atoms with van der Waals surface area (Å²) in [4.78, 5) is 11.2. The number of nitrogens with one attached hydrogen (secondary N) is 2. The van der Waals surface area contributed by atoms with Crippen molar-refractivity contribution in [2.24, 2.45) is 0 Å². The molecule has 90 valence electrons. The standard InChI is InChI=1S/C11H12ClN3O2/c1-6(12)4-14-8-3-9-10(2-7(8)13)17-5-11(16)15-9/h2-3,14H,1,4-5,13H2,(H,15,16). The third-order valence-electron chi connectivity index (χ3n) is 2.26. The Labute approximate surface area is 104 Å². The van der Waals surface area contributed by atoms with Crippen molar-refractivity contribution in [3.63, 3.8) is 0 Å². The lowest BCUT2D eigenvalue weighted by atomic mass is 10.2. The third-order valence-corrected chi connectivity index (χ3v) is 2.39. The molecule has 0 spiro atoms. The van der Waals surface area contributed by atoms with Crippen LogP contribution in [-0.2, 0) is 4.79 Å². The number of ether oxygens (including phenoxy) is 1. The summed E-state index contributed by atoms with van der Waals surface area (Å²) < 4.78 is 5.23. The second-order valence-electron chi connectivity index (χ2n) is 3.64. The number of benzene rings is 1. The Bertz CT molecular complexity index is 488. The topological polar surface area (TPSA) is 76.4 Å². The van der Waals surface area contributed by atoms with Gasteiger partial charge in [0.05, 0.1) is 23.6 Å². The first kappa shape index (κ1) is 11.6. The Morgan fingerprint density at radius 3 is 3.12 bits per heavy atom. The molecule has 0 fully saturated rings. The summed E-state index contributed by atoms with van der Waals surface area (Å²) in [6.07, 6.45) is 0. The van der Waals surface area contributed by atoms with Crippen LogP contribution in [0.5, 0.6) is 5.75 Å². The van der Waals surface area contributed by atoms with Gasteiger partial charge in [0.2, 0.25) is 0 Å². The van der Waals surface area contributed by atoms with Crippen molar-refractivity contribution >= 4 is 34.6 Å². The maximum atomic E-state index is 11.2. The third kappa shape index (κ3) is 2.62. The van der Waals surface area contributed by atoms with E-state index in [1.807, 2.05) is 0 Å². The number of nitrogens with two attached hydrogens (primary N) is 1. The number of hydrogen-bond donors (Lipinski definition) is 3. The predicted molar refractivity (Wildman–Crippen MR) is 68.5 cm³/mol. The van der Waals surface area contributed by atoms with Crippen LogP contribution < -0.4 is 21.1 Å². The molecule has 1 aliphatic heterocycles. The second kappa shape index (κ2) is 4.55. The lowest BCUT2D eigenvalue weighted by molar-refractivity contribution is -0.118. The normalized spacial score (nSPS) is 13.4. The van der Waals surface area contributed by atoms with Crippen molar-refractivity contribution in [2.75, 3.05) is 29.5 Å². The van der Waals surface area contributed by atoms with E-state index in [4.69, 9.17) is 22.1 Å². The molecule has 1 aromatic rings. The largest absolute Gasteiger partial charge is 0.482 e. The van der Waals surface area contributed by atoms with E-state index >= 15 is 0 Å². The molecular formula is C11H12ClN3O2. The fraction of sp³-hybridized carbons (Fsp3) is 0.182. The molecule has 0 atom stereocenters. The molecular weight excluding hydrogens is 242 g/mol. The Hall–Kier alpha value is -1.88. The number of carbonyl (C=O) groups excluding carboxylic acids is 1. The molecule has 0 aromatic heterocycles. The van der Waals surface area contributed by atoms with Gasteiger partial charge in [-0.1, -0.05) is 18.2 Å². The Kier molecular flexibility index (Phi) is 3.10. The lowest BCUT2D eigenvalue weighted by Gasteiger charge is -2.20. The quantitative estimate of drug-likeness (QED) is 0.718. The van der Waals surface area contributed by atoms with Crippen LogP contribution in [0.15, 0.2) is 23.7 Å². The molecule has 5 nitrogen and oxygen atoms in total. The summed E-state index contributed by atoms with van der Waals surface area (Å²) in [6.45, 7) is 3.98. The van der Waals surface area contributed by atoms with E-state index in [0.717, 1.165) is 0 Å². The molecule has 4 N–H and O–H groups in total. The van der Waals surface area contributed by atoms with E-state index in [0.29, 0.717) is 34.4 Å². The van der Waals surface area contributed by atoms with Crippen molar-refractivity contribution in [2.45, 2.75) is 0 Å². The zero-order chi connectivity index (χ0) is 12.4. The summed E-state index contributed by atoms with van der Waals surface area (Å²) in [5.74, 6) is 0.382. The first-order valence-electron chi connectivity index (χ1n) is 4.99. The number of fused-ring (bicyclic) bond motifs is 1.